The van der Waals surface area contributed by atoms with Crippen molar-refractivity contribution in [3.8, 4) is 11.1 Å². The van der Waals surface area contributed by atoms with E-state index in [0.29, 0.717) is 0 Å². The van der Waals surface area contributed by atoms with Crippen LogP contribution in [0.25, 0.3) is 31.3 Å². The van der Waals surface area contributed by atoms with Crippen molar-refractivity contribution < 1.29 is 0 Å². The van der Waals surface area contributed by atoms with Gasteiger partial charge in [0.1, 0.15) is 0 Å². The highest BCUT2D eigenvalue weighted by Crippen LogP contribution is 2.56. The minimum absolute atomic E-state index is 0.393. The van der Waals surface area contributed by atoms with E-state index in [1.807, 2.05) is 11.3 Å². The fourth-order valence-electron chi connectivity index (χ4n) is 6.52. The Labute approximate surface area is 232 Å². The molecule has 2 heteroatoms. The molecule has 1 aromatic heterocycles. The smallest absolute Gasteiger partial charge is 0.0714 e. The van der Waals surface area contributed by atoms with E-state index in [1.54, 1.807) is 0 Å². The maximum atomic E-state index is 3.82. The number of hydrogen-bond acceptors (Lipinski definition) is 2. The van der Waals surface area contributed by atoms with E-state index in [9.17, 15) is 0 Å². The Morgan fingerprint density at radius 3 is 1.92 bits per heavy atom. The fourth-order valence-corrected chi connectivity index (χ4v) is 7.69. The molecule has 0 radical (unpaired) electrons. The Bertz CT molecular complexity index is 1950. The Kier molecular flexibility index (Phi) is 4.98. The van der Waals surface area contributed by atoms with Crippen LogP contribution in [0.15, 0.2) is 146 Å². The number of anilines is 2. The van der Waals surface area contributed by atoms with Gasteiger partial charge in [-0.25, -0.2) is 0 Å². The lowest BCUT2D eigenvalue weighted by atomic mass is 9.67. The maximum Gasteiger partial charge on any atom is 0.0714 e. The summed E-state index contributed by atoms with van der Waals surface area (Å²) < 4.78 is 2.61. The van der Waals surface area contributed by atoms with E-state index in [-0.39, 0.29) is 0 Å². The third kappa shape index (κ3) is 3.25. The summed E-state index contributed by atoms with van der Waals surface area (Å²) in [5.41, 5.74) is 9.67. The summed E-state index contributed by atoms with van der Waals surface area (Å²) in [5.74, 6) is 0. The van der Waals surface area contributed by atoms with Gasteiger partial charge in [-0.1, -0.05) is 121 Å². The molecule has 0 fully saturated rings. The monoisotopic (exact) mass is 515 g/mol. The van der Waals surface area contributed by atoms with Crippen molar-refractivity contribution in [3.63, 3.8) is 0 Å². The lowest BCUT2D eigenvalue weighted by Crippen LogP contribution is -2.28. The van der Waals surface area contributed by atoms with E-state index in [0.717, 1.165) is 11.4 Å². The van der Waals surface area contributed by atoms with Gasteiger partial charge in [0.15, 0.2) is 0 Å². The van der Waals surface area contributed by atoms with Crippen LogP contribution in [0.3, 0.4) is 0 Å². The summed E-state index contributed by atoms with van der Waals surface area (Å²) in [6.07, 6.45) is 0. The first-order valence-electron chi connectivity index (χ1n) is 13.4. The van der Waals surface area contributed by atoms with Crippen molar-refractivity contribution >= 4 is 42.9 Å². The molecule has 184 valence electrons. The zero-order chi connectivity index (χ0) is 25.8. The highest BCUT2D eigenvalue weighted by Gasteiger charge is 2.46. The van der Waals surface area contributed by atoms with Crippen LogP contribution in [0, 0.1) is 0 Å². The average Bonchev–Trinajstić information content (AvgIpc) is 3.53. The molecule has 6 aromatic carbocycles. The second-order valence-electron chi connectivity index (χ2n) is 10.2. The molecule has 1 aliphatic rings. The second kappa shape index (κ2) is 8.69. The predicted octanol–water partition coefficient (Wildman–Crippen LogP) is 10.2. The van der Waals surface area contributed by atoms with Gasteiger partial charge in [-0.05, 0) is 57.6 Å². The molecule has 0 saturated heterocycles. The maximum absolute atomic E-state index is 3.82. The first-order chi connectivity index (χ1) is 19.3. The zero-order valence-corrected chi connectivity index (χ0v) is 22.1. The molecule has 1 N–H and O–H groups in total. The van der Waals surface area contributed by atoms with Gasteiger partial charge in [0.25, 0.3) is 0 Å². The number of benzene rings is 6. The largest absolute Gasteiger partial charge is 0.354 e. The Hall–Kier alpha value is -4.66. The molecule has 0 aliphatic heterocycles. The van der Waals surface area contributed by atoms with E-state index in [1.165, 1.54) is 53.6 Å². The van der Waals surface area contributed by atoms with Crippen molar-refractivity contribution in [2.45, 2.75) is 5.41 Å². The van der Waals surface area contributed by atoms with Gasteiger partial charge in [0, 0.05) is 21.2 Å². The number of fused-ring (bicyclic) bond motifs is 6. The molecular weight excluding hydrogens is 490 g/mol. The second-order valence-corrected chi connectivity index (χ2v) is 11.2. The van der Waals surface area contributed by atoms with Crippen LogP contribution in [-0.4, -0.2) is 0 Å². The van der Waals surface area contributed by atoms with Gasteiger partial charge < -0.3 is 5.32 Å². The fraction of sp³-hybridized carbons (Fsp3) is 0.0270. The molecule has 1 heterocycles. The predicted molar refractivity (Wildman–Crippen MR) is 166 cm³/mol. The van der Waals surface area contributed by atoms with Crippen LogP contribution < -0.4 is 5.32 Å². The molecule has 0 bridgehead atoms. The summed E-state index contributed by atoms with van der Waals surface area (Å²) in [6, 6.07) is 53.0. The quantitative estimate of drug-likeness (QED) is 0.246. The Balaban J connectivity index is 1.36. The SMILES string of the molecule is c1ccc(C2(c3ccccc3)c3ccccc3-c3ccc(Nc4cccc5c4sc4ccccc45)cc32)cc1. The number of rotatable bonds is 4. The van der Waals surface area contributed by atoms with Crippen molar-refractivity contribution in [3.05, 3.63) is 168 Å². The lowest BCUT2D eigenvalue weighted by Gasteiger charge is -2.34. The first-order valence-corrected chi connectivity index (χ1v) is 14.2. The molecule has 0 saturated carbocycles. The van der Waals surface area contributed by atoms with Crippen molar-refractivity contribution in [2.75, 3.05) is 5.32 Å². The van der Waals surface area contributed by atoms with Gasteiger partial charge in [-0.3, -0.25) is 0 Å². The molecule has 8 rings (SSSR count). The molecule has 7 aromatic rings. The number of hydrogen-bond donors (Lipinski definition) is 1. The summed E-state index contributed by atoms with van der Waals surface area (Å²) in [5, 5.41) is 6.44. The van der Waals surface area contributed by atoms with Gasteiger partial charge in [0.2, 0.25) is 0 Å². The summed E-state index contributed by atoms with van der Waals surface area (Å²) in [4.78, 5) is 0. The van der Waals surface area contributed by atoms with Crippen molar-refractivity contribution in [1.29, 1.82) is 0 Å². The third-order valence-electron chi connectivity index (χ3n) is 8.14. The van der Waals surface area contributed by atoms with Crippen molar-refractivity contribution in [1.82, 2.24) is 0 Å². The highest BCUT2D eigenvalue weighted by atomic mass is 32.1. The molecule has 1 aliphatic carbocycles. The third-order valence-corrected chi connectivity index (χ3v) is 9.36. The molecule has 0 amide bonds. The van der Waals surface area contributed by atoms with E-state index in [2.05, 4.69) is 151 Å². The summed E-state index contributed by atoms with van der Waals surface area (Å²) in [6.45, 7) is 0. The minimum Gasteiger partial charge on any atom is -0.354 e. The Morgan fingerprint density at radius 2 is 1.13 bits per heavy atom. The first kappa shape index (κ1) is 22.3. The highest BCUT2D eigenvalue weighted by molar-refractivity contribution is 7.26. The van der Waals surface area contributed by atoms with Crippen molar-refractivity contribution in [2.24, 2.45) is 0 Å². The normalized spacial score (nSPS) is 13.3. The van der Waals surface area contributed by atoms with Crippen LogP contribution in [0.5, 0.6) is 0 Å². The number of nitrogens with one attached hydrogen (secondary N) is 1. The van der Waals surface area contributed by atoms with Crippen LogP contribution in [-0.2, 0) is 5.41 Å². The molecule has 1 nitrogen and oxygen atoms in total. The standard InChI is InChI=1S/C37H25NS/c1-3-12-25(13-4-1)37(26-14-5-2-6-15-26)32-19-9-7-16-28(32)29-23-22-27(24-33(29)37)38-34-20-11-18-31-30-17-8-10-21-35(30)39-36(31)34/h1-24,38H. The van der Waals surface area contributed by atoms with Gasteiger partial charge in [0.05, 0.1) is 15.8 Å². The summed E-state index contributed by atoms with van der Waals surface area (Å²) in [7, 11) is 0. The Morgan fingerprint density at radius 1 is 0.487 bits per heavy atom. The molecule has 39 heavy (non-hydrogen) atoms. The van der Waals surface area contributed by atoms with E-state index in [4.69, 9.17) is 0 Å². The molecule has 0 atom stereocenters. The topological polar surface area (TPSA) is 12.0 Å². The number of thiophene rings is 1. The van der Waals surface area contributed by atoms with Gasteiger partial charge in [-0.2, -0.15) is 0 Å². The lowest BCUT2D eigenvalue weighted by molar-refractivity contribution is 0.769. The summed E-state index contributed by atoms with van der Waals surface area (Å²) >= 11 is 1.85. The van der Waals surface area contributed by atoms with E-state index < -0.39 is 5.41 Å². The van der Waals surface area contributed by atoms with Crippen LogP contribution in [0.1, 0.15) is 22.3 Å². The van der Waals surface area contributed by atoms with Gasteiger partial charge in [-0.15, -0.1) is 11.3 Å². The van der Waals surface area contributed by atoms with Crippen LogP contribution in [0.2, 0.25) is 0 Å². The van der Waals surface area contributed by atoms with Crippen LogP contribution in [0.4, 0.5) is 11.4 Å². The molecule has 0 spiro atoms. The zero-order valence-electron chi connectivity index (χ0n) is 21.3. The molecule has 0 unspecified atom stereocenters. The molecular formula is C37H25NS. The van der Waals surface area contributed by atoms with Crippen LogP contribution >= 0.6 is 11.3 Å². The minimum atomic E-state index is -0.393. The van der Waals surface area contributed by atoms with E-state index >= 15 is 0 Å². The average molecular weight is 516 g/mol. The van der Waals surface area contributed by atoms with Gasteiger partial charge >= 0.3 is 0 Å².